The summed E-state index contributed by atoms with van der Waals surface area (Å²) in [4.78, 5) is 14.0. The summed E-state index contributed by atoms with van der Waals surface area (Å²) in [5.41, 5.74) is 0.941. The normalized spacial score (nSPS) is 14.9. The van der Waals surface area contributed by atoms with E-state index in [4.69, 9.17) is 13.9 Å². The monoisotopic (exact) mass is 338 g/mol. The van der Waals surface area contributed by atoms with Crippen molar-refractivity contribution in [1.82, 2.24) is 4.90 Å². The van der Waals surface area contributed by atoms with Crippen LogP contribution in [-0.4, -0.2) is 44.2 Å². The van der Waals surface area contributed by atoms with Crippen molar-refractivity contribution >= 4 is 12.0 Å². The Kier molecular flexibility index (Phi) is 5.17. The van der Waals surface area contributed by atoms with Crippen LogP contribution in [-0.2, 0) is 9.53 Å². The second-order valence-electron chi connectivity index (χ2n) is 5.50. The number of ether oxygens (including phenoxy) is 2. The number of nitrogens with zero attached hydrogens (tertiary/aromatic N) is 2. The van der Waals surface area contributed by atoms with Crippen LogP contribution in [0.4, 0.5) is 0 Å². The maximum Gasteiger partial charge on any atom is 0.264 e. The van der Waals surface area contributed by atoms with E-state index >= 15 is 0 Å². The Balaban J connectivity index is 1.78. The Hall–Kier alpha value is -3.04. The second-order valence-corrected chi connectivity index (χ2v) is 5.50. The smallest absolute Gasteiger partial charge is 0.264 e. The zero-order valence-corrected chi connectivity index (χ0v) is 13.9. The molecule has 2 aromatic rings. The molecule has 6 heteroatoms. The van der Waals surface area contributed by atoms with Crippen LogP contribution in [0.2, 0.25) is 0 Å². The average molecular weight is 338 g/mol. The van der Waals surface area contributed by atoms with Crippen LogP contribution < -0.4 is 4.74 Å². The number of hydrogen-bond acceptors (Lipinski definition) is 5. The Morgan fingerprint density at radius 3 is 2.56 bits per heavy atom. The molecular weight excluding hydrogens is 320 g/mol. The number of furan rings is 1. The van der Waals surface area contributed by atoms with Gasteiger partial charge in [0.05, 0.1) is 20.3 Å². The zero-order chi connectivity index (χ0) is 17.6. The van der Waals surface area contributed by atoms with Crippen molar-refractivity contribution in [3.05, 3.63) is 47.7 Å². The lowest BCUT2D eigenvalue weighted by Crippen LogP contribution is -2.41. The second kappa shape index (κ2) is 7.69. The molecule has 1 aliphatic rings. The molecule has 6 nitrogen and oxygen atoms in total. The van der Waals surface area contributed by atoms with Crippen LogP contribution in [0.25, 0.3) is 17.4 Å². The fourth-order valence-electron chi connectivity index (χ4n) is 2.56. The van der Waals surface area contributed by atoms with Gasteiger partial charge in [0.15, 0.2) is 0 Å². The van der Waals surface area contributed by atoms with Gasteiger partial charge >= 0.3 is 0 Å². The third-order valence-electron chi connectivity index (χ3n) is 3.94. The minimum absolute atomic E-state index is 0.0533. The molecule has 0 aliphatic carbocycles. The molecule has 0 unspecified atom stereocenters. The van der Waals surface area contributed by atoms with Crippen LogP contribution in [0.1, 0.15) is 5.76 Å². The number of methoxy groups -OCH3 is 1. The molecular formula is C19H18N2O4. The van der Waals surface area contributed by atoms with Crippen molar-refractivity contribution in [1.29, 1.82) is 5.26 Å². The number of hydrogen-bond donors (Lipinski definition) is 0. The van der Waals surface area contributed by atoms with E-state index in [0.29, 0.717) is 37.8 Å². The summed E-state index contributed by atoms with van der Waals surface area (Å²) >= 11 is 0. The third-order valence-corrected chi connectivity index (χ3v) is 3.94. The summed E-state index contributed by atoms with van der Waals surface area (Å²) in [6.07, 6.45) is 1.48. The van der Waals surface area contributed by atoms with Crippen molar-refractivity contribution in [3.63, 3.8) is 0 Å². The summed E-state index contributed by atoms with van der Waals surface area (Å²) in [5.74, 6) is 1.58. The Bertz CT molecular complexity index is 809. The van der Waals surface area contributed by atoms with Gasteiger partial charge in [-0.3, -0.25) is 4.79 Å². The molecule has 3 rings (SSSR count). The van der Waals surface area contributed by atoms with Gasteiger partial charge in [-0.1, -0.05) is 0 Å². The number of carbonyl (C=O) groups is 1. The van der Waals surface area contributed by atoms with E-state index in [1.807, 2.05) is 36.4 Å². The van der Waals surface area contributed by atoms with Crippen LogP contribution in [0.5, 0.6) is 5.75 Å². The highest BCUT2D eigenvalue weighted by molar-refractivity contribution is 6.01. The molecule has 1 fully saturated rings. The maximum absolute atomic E-state index is 12.4. The van der Waals surface area contributed by atoms with E-state index in [1.165, 1.54) is 6.08 Å². The van der Waals surface area contributed by atoms with Gasteiger partial charge in [0.1, 0.15) is 28.9 Å². The lowest BCUT2D eigenvalue weighted by Gasteiger charge is -2.26. The first-order chi connectivity index (χ1) is 12.2. The fraction of sp³-hybridized carbons (Fsp3) is 0.263. The number of nitriles is 1. The SMILES string of the molecule is COc1ccc(-c2ccc(/C=C(\C#N)C(=O)N3CCOCC3)o2)cc1. The number of morpholine rings is 1. The van der Waals surface area contributed by atoms with Crippen LogP contribution in [0.15, 0.2) is 46.4 Å². The summed E-state index contributed by atoms with van der Waals surface area (Å²) < 4.78 is 16.1. The molecule has 128 valence electrons. The van der Waals surface area contributed by atoms with E-state index in [9.17, 15) is 10.1 Å². The van der Waals surface area contributed by atoms with Gasteiger partial charge in [-0.25, -0.2) is 0 Å². The van der Waals surface area contributed by atoms with Gasteiger partial charge in [-0.05, 0) is 36.4 Å². The molecule has 0 N–H and O–H groups in total. The molecule has 1 aromatic carbocycles. The molecule has 0 atom stereocenters. The van der Waals surface area contributed by atoms with E-state index in [0.717, 1.165) is 11.3 Å². The molecule has 2 heterocycles. The average Bonchev–Trinajstić information content (AvgIpc) is 3.15. The molecule has 0 saturated carbocycles. The highest BCUT2D eigenvalue weighted by atomic mass is 16.5. The van der Waals surface area contributed by atoms with Gasteiger partial charge in [0.2, 0.25) is 0 Å². The standard InChI is InChI=1S/C19H18N2O4/c1-23-16-4-2-14(3-5-16)18-7-6-17(25-18)12-15(13-20)19(22)21-8-10-24-11-9-21/h2-7,12H,8-11H2,1H3/b15-12+. The molecule has 0 spiro atoms. The zero-order valence-electron chi connectivity index (χ0n) is 13.9. The van der Waals surface area contributed by atoms with Gasteiger partial charge in [0, 0.05) is 24.7 Å². The maximum atomic E-state index is 12.4. The predicted molar refractivity (Wildman–Crippen MR) is 91.7 cm³/mol. The largest absolute Gasteiger partial charge is 0.497 e. The summed E-state index contributed by atoms with van der Waals surface area (Å²) in [7, 11) is 1.61. The van der Waals surface area contributed by atoms with Crippen LogP contribution >= 0.6 is 0 Å². The van der Waals surface area contributed by atoms with E-state index in [-0.39, 0.29) is 11.5 Å². The highest BCUT2D eigenvalue weighted by Crippen LogP contribution is 2.25. The molecule has 25 heavy (non-hydrogen) atoms. The molecule has 1 saturated heterocycles. The van der Waals surface area contributed by atoms with Crippen LogP contribution in [0.3, 0.4) is 0 Å². The molecule has 0 bridgehead atoms. The number of amides is 1. The van der Waals surface area contributed by atoms with Crippen molar-refractivity contribution < 1.29 is 18.7 Å². The number of carbonyl (C=O) groups excluding carboxylic acids is 1. The summed E-state index contributed by atoms with van der Waals surface area (Å²) in [6, 6.07) is 13.0. The first-order valence-corrected chi connectivity index (χ1v) is 7.94. The van der Waals surface area contributed by atoms with Gasteiger partial charge in [0.25, 0.3) is 5.91 Å². The highest BCUT2D eigenvalue weighted by Gasteiger charge is 2.21. The topological polar surface area (TPSA) is 75.7 Å². The molecule has 0 radical (unpaired) electrons. The number of rotatable bonds is 4. The number of benzene rings is 1. The Labute approximate surface area is 145 Å². The molecule has 1 amide bonds. The first-order valence-electron chi connectivity index (χ1n) is 7.94. The van der Waals surface area contributed by atoms with Crippen molar-refractivity contribution in [2.75, 3.05) is 33.4 Å². The van der Waals surface area contributed by atoms with E-state index in [1.54, 1.807) is 18.1 Å². The predicted octanol–water partition coefficient (Wildman–Crippen LogP) is 2.72. The van der Waals surface area contributed by atoms with Gasteiger partial charge in [-0.15, -0.1) is 0 Å². The van der Waals surface area contributed by atoms with Gasteiger partial charge in [-0.2, -0.15) is 5.26 Å². The van der Waals surface area contributed by atoms with Crippen molar-refractivity contribution in [3.8, 4) is 23.1 Å². The minimum atomic E-state index is -0.298. The van der Waals surface area contributed by atoms with E-state index < -0.39 is 0 Å². The lowest BCUT2D eigenvalue weighted by atomic mass is 10.2. The Morgan fingerprint density at radius 2 is 1.92 bits per heavy atom. The van der Waals surface area contributed by atoms with E-state index in [2.05, 4.69) is 0 Å². The quantitative estimate of drug-likeness (QED) is 0.633. The van der Waals surface area contributed by atoms with Crippen molar-refractivity contribution in [2.24, 2.45) is 0 Å². The Morgan fingerprint density at radius 1 is 1.20 bits per heavy atom. The first kappa shape index (κ1) is 16.8. The fourth-order valence-corrected chi connectivity index (χ4v) is 2.56. The molecule has 1 aromatic heterocycles. The van der Waals surface area contributed by atoms with Gasteiger partial charge < -0.3 is 18.8 Å². The summed E-state index contributed by atoms with van der Waals surface area (Å²) in [5, 5.41) is 9.32. The van der Waals surface area contributed by atoms with Crippen LogP contribution in [0, 0.1) is 11.3 Å². The minimum Gasteiger partial charge on any atom is -0.497 e. The summed E-state index contributed by atoms with van der Waals surface area (Å²) in [6.45, 7) is 1.97. The third kappa shape index (κ3) is 3.90. The molecule has 1 aliphatic heterocycles. The van der Waals surface area contributed by atoms with Crippen molar-refractivity contribution in [2.45, 2.75) is 0 Å². The lowest BCUT2D eigenvalue weighted by molar-refractivity contribution is -0.130.